The van der Waals surface area contributed by atoms with Crippen LogP contribution in [0.25, 0.3) is 10.2 Å². The van der Waals surface area contributed by atoms with Crippen LogP contribution < -0.4 is 5.56 Å². The van der Waals surface area contributed by atoms with Gasteiger partial charge in [-0.05, 0) is 43.1 Å². The third kappa shape index (κ3) is 2.49. The van der Waals surface area contributed by atoms with E-state index >= 15 is 0 Å². The predicted molar refractivity (Wildman–Crippen MR) is 89.6 cm³/mol. The van der Waals surface area contributed by atoms with Gasteiger partial charge in [0.05, 0.1) is 11.9 Å². The van der Waals surface area contributed by atoms with Crippen LogP contribution in [0.4, 0.5) is 4.39 Å². The molecule has 2 aromatic rings. The molecule has 0 spiro atoms. The van der Waals surface area contributed by atoms with Gasteiger partial charge in [-0.25, -0.2) is 9.37 Å². The van der Waals surface area contributed by atoms with Gasteiger partial charge in [-0.3, -0.25) is 9.36 Å². The third-order valence-corrected chi connectivity index (χ3v) is 6.04. The van der Waals surface area contributed by atoms with Crippen LogP contribution in [-0.2, 0) is 19.4 Å². The van der Waals surface area contributed by atoms with Crippen molar-refractivity contribution in [2.45, 2.75) is 53.5 Å². The maximum Gasteiger partial charge on any atom is 0.262 e. The van der Waals surface area contributed by atoms with Gasteiger partial charge in [-0.15, -0.1) is 11.3 Å². The van der Waals surface area contributed by atoms with Crippen LogP contribution in [0.5, 0.6) is 0 Å². The molecule has 0 bridgehead atoms. The molecule has 0 aliphatic heterocycles. The van der Waals surface area contributed by atoms with Gasteiger partial charge in [0, 0.05) is 4.88 Å². The second kappa shape index (κ2) is 5.44. The molecule has 22 heavy (non-hydrogen) atoms. The Bertz CT molecular complexity index is 770. The van der Waals surface area contributed by atoms with E-state index in [2.05, 4.69) is 25.8 Å². The van der Waals surface area contributed by atoms with E-state index in [-0.39, 0.29) is 17.5 Å². The zero-order chi connectivity index (χ0) is 16.1. The topological polar surface area (TPSA) is 34.9 Å². The molecule has 2 heterocycles. The van der Waals surface area contributed by atoms with E-state index in [9.17, 15) is 9.18 Å². The molecule has 2 aromatic heterocycles. The highest BCUT2D eigenvalue weighted by Crippen LogP contribution is 2.42. The zero-order valence-corrected chi connectivity index (χ0v) is 14.5. The van der Waals surface area contributed by atoms with Gasteiger partial charge in [-0.1, -0.05) is 20.8 Å². The van der Waals surface area contributed by atoms with Crippen molar-refractivity contribution < 1.29 is 4.39 Å². The first-order valence-electron chi connectivity index (χ1n) is 7.90. The molecular weight excluding hydrogens is 299 g/mol. The maximum atomic E-state index is 12.7. The van der Waals surface area contributed by atoms with Crippen LogP contribution in [0.1, 0.15) is 43.5 Å². The van der Waals surface area contributed by atoms with Crippen molar-refractivity contribution in [1.29, 1.82) is 0 Å². The molecule has 1 aliphatic carbocycles. The van der Waals surface area contributed by atoms with Crippen LogP contribution in [0, 0.1) is 18.3 Å². The lowest BCUT2D eigenvalue weighted by Gasteiger charge is -2.33. The van der Waals surface area contributed by atoms with Crippen LogP contribution in [0.3, 0.4) is 0 Å². The van der Waals surface area contributed by atoms with Gasteiger partial charge in [-0.2, -0.15) is 0 Å². The van der Waals surface area contributed by atoms with Gasteiger partial charge in [0.15, 0.2) is 0 Å². The fourth-order valence-corrected chi connectivity index (χ4v) is 4.78. The Balaban J connectivity index is 2.14. The lowest BCUT2D eigenvalue weighted by molar-refractivity contribution is 0.218. The highest BCUT2D eigenvalue weighted by atomic mass is 32.1. The number of thiophene rings is 1. The summed E-state index contributed by atoms with van der Waals surface area (Å²) in [5.41, 5.74) is 1.39. The molecule has 1 aliphatic rings. The fourth-order valence-electron chi connectivity index (χ4n) is 3.45. The Morgan fingerprint density at radius 1 is 1.41 bits per heavy atom. The third-order valence-electron chi connectivity index (χ3n) is 4.89. The summed E-state index contributed by atoms with van der Waals surface area (Å²) in [5.74, 6) is 1.25. The van der Waals surface area contributed by atoms with E-state index in [0.717, 1.165) is 29.5 Å². The number of halogens is 1. The normalized spacial score (nSPS) is 18.7. The first-order valence-corrected chi connectivity index (χ1v) is 8.72. The summed E-state index contributed by atoms with van der Waals surface area (Å²) in [5, 5.41) is 0.742. The number of alkyl halides is 1. The van der Waals surface area contributed by atoms with Crippen molar-refractivity contribution >= 4 is 21.6 Å². The summed E-state index contributed by atoms with van der Waals surface area (Å²) >= 11 is 1.66. The van der Waals surface area contributed by atoms with Gasteiger partial charge < -0.3 is 0 Å². The predicted octanol–water partition coefficient (Wildman–Crippen LogP) is 3.89. The van der Waals surface area contributed by atoms with E-state index in [1.54, 1.807) is 18.3 Å². The molecule has 0 fully saturated rings. The van der Waals surface area contributed by atoms with E-state index in [1.165, 1.54) is 15.0 Å². The molecule has 0 amide bonds. The van der Waals surface area contributed by atoms with Crippen LogP contribution in [-0.4, -0.2) is 16.2 Å². The van der Waals surface area contributed by atoms with E-state index in [1.807, 2.05) is 0 Å². The Kier molecular flexibility index (Phi) is 3.87. The SMILES string of the molecule is Cc1nc2sc3c(c2c(=O)n1CCF)CCC(C(C)(C)C)C3. The Labute approximate surface area is 134 Å². The molecule has 0 N–H and O–H groups in total. The smallest absolute Gasteiger partial charge is 0.262 e. The standard InChI is InChI=1S/C17H23FN2OS/c1-10-19-15-14(16(21)20(10)8-7-18)12-6-5-11(17(2,3)4)9-13(12)22-15/h11H,5-9H2,1-4H3. The highest BCUT2D eigenvalue weighted by Gasteiger charge is 2.31. The number of rotatable bonds is 2. The van der Waals surface area contributed by atoms with Crippen LogP contribution in [0.2, 0.25) is 0 Å². The minimum absolute atomic E-state index is 0.0631. The minimum atomic E-state index is -0.535. The summed E-state index contributed by atoms with van der Waals surface area (Å²) in [6, 6.07) is 0. The minimum Gasteiger partial charge on any atom is -0.294 e. The molecule has 5 heteroatoms. The molecule has 1 atom stereocenters. The molecule has 3 nitrogen and oxygen atoms in total. The number of hydrogen-bond acceptors (Lipinski definition) is 3. The van der Waals surface area contributed by atoms with Crippen molar-refractivity contribution in [1.82, 2.24) is 9.55 Å². The fraction of sp³-hybridized carbons (Fsp3) is 0.647. The first-order chi connectivity index (χ1) is 10.3. The molecule has 1 unspecified atom stereocenters. The summed E-state index contributed by atoms with van der Waals surface area (Å²) in [7, 11) is 0. The highest BCUT2D eigenvalue weighted by molar-refractivity contribution is 7.18. The quantitative estimate of drug-likeness (QED) is 0.841. The lowest BCUT2D eigenvalue weighted by atomic mass is 9.72. The van der Waals surface area contributed by atoms with Crippen molar-refractivity contribution in [3.63, 3.8) is 0 Å². The average Bonchev–Trinajstić information content (AvgIpc) is 2.79. The van der Waals surface area contributed by atoms with Gasteiger partial charge in [0.2, 0.25) is 0 Å². The van der Waals surface area contributed by atoms with E-state index in [0.29, 0.717) is 11.7 Å². The summed E-state index contributed by atoms with van der Waals surface area (Å²) in [6.07, 6.45) is 3.08. The van der Waals surface area contributed by atoms with Crippen molar-refractivity contribution in [3.05, 3.63) is 26.6 Å². The molecule has 120 valence electrons. The van der Waals surface area contributed by atoms with Crippen molar-refractivity contribution in [2.24, 2.45) is 11.3 Å². The van der Waals surface area contributed by atoms with Gasteiger partial charge in [0.1, 0.15) is 17.3 Å². The van der Waals surface area contributed by atoms with Crippen LogP contribution in [0.15, 0.2) is 4.79 Å². The molecule has 0 saturated carbocycles. The second-order valence-corrected chi connectivity index (χ2v) is 8.38. The number of hydrogen-bond donors (Lipinski definition) is 0. The molecule has 0 aromatic carbocycles. The number of fused-ring (bicyclic) bond motifs is 3. The molecule has 0 radical (unpaired) electrons. The van der Waals surface area contributed by atoms with Gasteiger partial charge >= 0.3 is 0 Å². The summed E-state index contributed by atoms with van der Waals surface area (Å²) in [6.45, 7) is 8.20. The molecule has 0 saturated heterocycles. The van der Waals surface area contributed by atoms with Gasteiger partial charge in [0.25, 0.3) is 5.56 Å². The molecular formula is C17H23FN2OS. The number of aromatic nitrogens is 2. The van der Waals surface area contributed by atoms with E-state index in [4.69, 9.17) is 0 Å². The Hall–Kier alpha value is -1.23. The number of nitrogens with zero attached hydrogens (tertiary/aromatic N) is 2. The average molecular weight is 322 g/mol. The monoisotopic (exact) mass is 322 g/mol. The Morgan fingerprint density at radius 2 is 2.14 bits per heavy atom. The second-order valence-electron chi connectivity index (χ2n) is 7.29. The van der Waals surface area contributed by atoms with Crippen molar-refractivity contribution in [2.75, 3.05) is 6.67 Å². The van der Waals surface area contributed by atoms with Crippen molar-refractivity contribution in [3.8, 4) is 0 Å². The van der Waals surface area contributed by atoms with Crippen LogP contribution >= 0.6 is 11.3 Å². The number of aryl methyl sites for hydroxylation is 2. The maximum absolute atomic E-state index is 12.7. The summed E-state index contributed by atoms with van der Waals surface area (Å²) in [4.78, 5) is 19.4. The zero-order valence-electron chi connectivity index (χ0n) is 13.7. The van der Waals surface area contributed by atoms with E-state index < -0.39 is 6.67 Å². The Morgan fingerprint density at radius 3 is 2.77 bits per heavy atom. The molecule has 3 rings (SSSR count). The first kappa shape index (κ1) is 15.7. The summed E-state index contributed by atoms with van der Waals surface area (Å²) < 4.78 is 14.2. The lowest BCUT2D eigenvalue weighted by Crippen LogP contribution is -2.27. The largest absolute Gasteiger partial charge is 0.294 e.